The van der Waals surface area contributed by atoms with E-state index in [1.165, 1.54) is 11.1 Å². The number of amides is 1. The van der Waals surface area contributed by atoms with Gasteiger partial charge in [-0.25, -0.2) is 0 Å². The number of benzene rings is 1. The van der Waals surface area contributed by atoms with E-state index in [2.05, 4.69) is 6.92 Å². The average molecular weight is 258 g/mol. The highest BCUT2D eigenvalue weighted by atomic mass is 35.5. The lowest BCUT2D eigenvalue weighted by molar-refractivity contribution is 0.221. The number of carbonyl (C=O) groups is 1. The van der Waals surface area contributed by atoms with Crippen molar-refractivity contribution < 1.29 is 4.79 Å². The Bertz CT molecular complexity index is 419. The molecule has 0 N–H and O–H groups in total. The van der Waals surface area contributed by atoms with Crippen LogP contribution >= 0.6 is 23.2 Å². The normalized spacial score (nSPS) is 20.2. The molecule has 0 spiro atoms. The molecule has 0 bridgehead atoms. The lowest BCUT2D eigenvalue weighted by atomic mass is 9.95. The molecule has 1 amide bonds. The number of rotatable bonds is 0. The molecule has 2 rings (SSSR count). The van der Waals surface area contributed by atoms with Crippen LogP contribution < -0.4 is 0 Å². The first kappa shape index (κ1) is 11.7. The Morgan fingerprint density at radius 1 is 1.50 bits per heavy atom. The quantitative estimate of drug-likeness (QED) is 0.513. The van der Waals surface area contributed by atoms with Crippen molar-refractivity contribution in [2.24, 2.45) is 0 Å². The molecule has 0 aromatic heterocycles. The Kier molecular flexibility index (Phi) is 3.41. The third kappa shape index (κ3) is 2.33. The van der Waals surface area contributed by atoms with E-state index in [1.807, 2.05) is 18.2 Å². The number of halogens is 2. The summed E-state index contributed by atoms with van der Waals surface area (Å²) < 4.78 is 0. The number of nitrogens with zero attached hydrogens (tertiary/aromatic N) is 1. The molecule has 1 aromatic rings. The summed E-state index contributed by atoms with van der Waals surface area (Å²) in [6.07, 6.45) is 0.843. The fraction of sp³-hybridized carbons (Fsp3) is 0.417. The van der Waals surface area contributed by atoms with Gasteiger partial charge >= 0.3 is 5.37 Å². The van der Waals surface area contributed by atoms with Crippen molar-refractivity contribution in [1.29, 1.82) is 0 Å². The first-order valence-electron chi connectivity index (χ1n) is 5.30. The van der Waals surface area contributed by atoms with Gasteiger partial charge in [0.15, 0.2) is 0 Å². The summed E-state index contributed by atoms with van der Waals surface area (Å²) in [5, 5.41) is 0.377. The predicted molar refractivity (Wildman–Crippen MR) is 66.4 cm³/mol. The molecule has 2 nitrogen and oxygen atoms in total. The summed E-state index contributed by atoms with van der Waals surface area (Å²) in [5.74, 6) is 0.277. The fourth-order valence-electron chi connectivity index (χ4n) is 2.19. The first-order valence-corrected chi connectivity index (χ1v) is 6.06. The van der Waals surface area contributed by atoms with Gasteiger partial charge in [-0.2, -0.15) is 0 Å². The van der Waals surface area contributed by atoms with Crippen LogP contribution in [0.15, 0.2) is 18.2 Å². The molecular formula is C12H13Cl2NO. The van der Waals surface area contributed by atoms with Crippen LogP contribution in [0.3, 0.4) is 0 Å². The van der Waals surface area contributed by atoms with Gasteiger partial charge in [-0.05, 0) is 47.2 Å². The first-order chi connectivity index (χ1) is 7.58. The van der Waals surface area contributed by atoms with Crippen molar-refractivity contribution in [1.82, 2.24) is 4.90 Å². The second-order valence-corrected chi connectivity index (χ2v) is 4.95. The maximum Gasteiger partial charge on any atom is 0.316 e. The average Bonchev–Trinajstić information content (AvgIpc) is 2.39. The lowest BCUT2D eigenvalue weighted by Crippen LogP contribution is -2.29. The smallest absolute Gasteiger partial charge is 0.316 e. The van der Waals surface area contributed by atoms with Gasteiger partial charge in [0.25, 0.3) is 0 Å². The van der Waals surface area contributed by atoms with Gasteiger partial charge in [0.2, 0.25) is 0 Å². The van der Waals surface area contributed by atoms with Gasteiger partial charge in [-0.1, -0.05) is 24.6 Å². The molecule has 0 aliphatic carbocycles. The Morgan fingerprint density at radius 3 is 2.94 bits per heavy atom. The molecule has 86 valence electrons. The highest BCUT2D eigenvalue weighted by Crippen LogP contribution is 2.28. The molecule has 0 radical (unpaired) electrons. The molecule has 16 heavy (non-hydrogen) atoms. The van der Waals surface area contributed by atoms with E-state index in [9.17, 15) is 4.79 Å². The summed E-state index contributed by atoms with van der Waals surface area (Å²) in [6.45, 7) is 3.43. The number of hydrogen-bond donors (Lipinski definition) is 0. The molecule has 1 atom stereocenters. The standard InChI is InChI=1S/C12H13Cl2NO/c1-8-7-15(12(14)16)5-4-9-2-3-10(13)6-11(8)9/h2-3,6,8H,4-5,7H2,1H3/t8-/m0/s1. The highest BCUT2D eigenvalue weighted by Gasteiger charge is 2.22. The Labute approximate surface area is 105 Å². The van der Waals surface area contributed by atoms with E-state index in [1.54, 1.807) is 4.90 Å². The largest absolute Gasteiger partial charge is 0.328 e. The summed E-state index contributed by atoms with van der Waals surface area (Å²) in [4.78, 5) is 12.9. The predicted octanol–water partition coefficient (Wildman–Crippen LogP) is 3.66. The van der Waals surface area contributed by atoms with Gasteiger partial charge in [0, 0.05) is 18.1 Å². The van der Waals surface area contributed by atoms with Gasteiger partial charge in [0.1, 0.15) is 0 Å². The van der Waals surface area contributed by atoms with Crippen LogP contribution in [0.4, 0.5) is 4.79 Å². The Balaban J connectivity index is 2.32. The molecule has 4 heteroatoms. The second kappa shape index (κ2) is 4.64. The molecule has 0 saturated carbocycles. The molecule has 1 aliphatic rings. The fourth-order valence-corrected chi connectivity index (χ4v) is 2.52. The van der Waals surface area contributed by atoms with Crippen LogP contribution in [0.5, 0.6) is 0 Å². The van der Waals surface area contributed by atoms with Gasteiger partial charge < -0.3 is 4.90 Å². The minimum atomic E-state index is -0.370. The van der Waals surface area contributed by atoms with Crippen LogP contribution in [-0.4, -0.2) is 23.4 Å². The van der Waals surface area contributed by atoms with E-state index in [0.717, 1.165) is 11.4 Å². The highest BCUT2D eigenvalue weighted by molar-refractivity contribution is 6.62. The molecule has 1 aromatic carbocycles. The van der Waals surface area contributed by atoms with Crippen LogP contribution in [0.25, 0.3) is 0 Å². The van der Waals surface area contributed by atoms with Crippen molar-refractivity contribution in [2.75, 3.05) is 13.1 Å². The zero-order valence-electron chi connectivity index (χ0n) is 9.04. The summed E-state index contributed by atoms with van der Waals surface area (Å²) in [7, 11) is 0. The molecule has 0 fully saturated rings. The maximum absolute atomic E-state index is 11.2. The molecule has 0 saturated heterocycles. The summed E-state index contributed by atoms with van der Waals surface area (Å²) in [5.41, 5.74) is 2.49. The molecule has 0 unspecified atom stereocenters. The van der Waals surface area contributed by atoms with Crippen molar-refractivity contribution in [3.05, 3.63) is 34.3 Å². The number of hydrogen-bond acceptors (Lipinski definition) is 1. The van der Waals surface area contributed by atoms with Crippen LogP contribution in [0.2, 0.25) is 5.02 Å². The van der Waals surface area contributed by atoms with E-state index in [4.69, 9.17) is 23.2 Å². The van der Waals surface area contributed by atoms with E-state index in [0.29, 0.717) is 13.1 Å². The van der Waals surface area contributed by atoms with E-state index < -0.39 is 0 Å². The summed E-state index contributed by atoms with van der Waals surface area (Å²) >= 11 is 11.5. The third-order valence-corrected chi connectivity index (χ3v) is 3.51. The van der Waals surface area contributed by atoms with Crippen LogP contribution in [0.1, 0.15) is 24.0 Å². The molecule has 1 aliphatic heterocycles. The molecular weight excluding hydrogens is 245 g/mol. The maximum atomic E-state index is 11.2. The second-order valence-electron chi connectivity index (χ2n) is 4.19. The van der Waals surface area contributed by atoms with Crippen LogP contribution in [-0.2, 0) is 6.42 Å². The zero-order valence-corrected chi connectivity index (χ0v) is 10.6. The SMILES string of the molecule is C[C@H]1CN(C(=O)Cl)CCc2ccc(Cl)cc21. The number of fused-ring (bicyclic) bond motifs is 1. The molecule has 1 heterocycles. The lowest BCUT2D eigenvalue weighted by Gasteiger charge is -2.19. The van der Waals surface area contributed by atoms with Crippen molar-refractivity contribution in [3.63, 3.8) is 0 Å². The van der Waals surface area contributed by atoms with Gasteiger partial charge in [-0.15, -0.1) is 0 Å². The summed E-state index contributed by atoms with van der Waals surface area (Å²) in [6, 6.07) is 5.92. The topological polar surface area (TPSA) is 20.3 Å². The minimum Gasteiger partial charge on any atom is -0.328 e. The Hall–Kier alpha value is -0.730. The van der Waals surface area contributed by atoms with Gasteiger partial charge in [0.05, 0.1) is 0 Å². The number of carbonyl (C=O) groups excluding carboxylic acids is 1. The van der Waals surface area contributed by atoms with Crippen LogP contribution in [0, 0.1) is 0 Å². The van der Waals surface area contributed by atoms with E-state index in [-0.39, 0.29) is 11.3 Å². The zero-order chi connectivity index (χ0) is 11.7. The van der Waals surface area contributed by atoms with Crippen molar-refractivity contribution >= 4 is 28.6 Å². The monoisotopic (exact) mass is 257 g/mol. The van der Waals surface area contributed by atoms with Crippen molar-refractivity contribution in [2.45, 2.75) is 19.3 Å². The van der Waals surface area contributed by atoms with E-state index >= 15 is 0 Å². The minimum absolute atomic E-state index is 0.277. The third-order valence-electron chi connectivity index (χ3n) is 3.03. The van der Waals surface area contributed by atoms with Crippen molar-refractivity contribution in [3.8, 4) is 0 Å². The van der Waals surface area contributed by atoms with Gasteiger partial charge in [-0.3, -0.25) is 4.79 Å². The Morgan fingerprint density at radius 2 is 2.25 bits per heavy atom.